The van der Waals surface area contributed by atoms with E-state index in [0.717, 1.165) is 32.6 Å². The van der Waals surface area contributed by atoms with Crippen molar-refractivity contribution in [2.24, 2.45) is 0 Å². The molecule has 0 aromatic carbocycles. The summed E-state index contributed by atoms with van der Waals surface area (Å²) >= 11 is 0. The first kappa shape index (κ1) is 13.9. The molecule has 1 rings (SSSR count). The maximum absolute atomic E-state index is 11.8. The van der Waals surface area contributed by atoms with Gasteiger partial charge in [0.1, 0.15) is 0 Å². The zero-order valence-corrected chi connectivity index (χ0v) is 10.3. The third-order valence-corrected chi connectivity index (χ3v) is 2.88. The van der Waals surface area contributed by atoms with E-state index >= 15 is 0 Å². The van der Waals surface area contributed by atoms with Gasteiger partial charge in [-0.15, -0.1) is 0 Å². The molecule has 1 aliphatic heterocycles. The summed E-state index contributed by atoms with van der Waals surface area (Å²) in [5.41, 5.74) is 0. The molecule has 0 bridgehead atoms. The standard InChI is InChI=1S/C11H21N3O3/c1-13(7-3-11(16)17)10(15)9-14-6-2-4-12-5-8-14/h12H,2-9H2,1H3,(H,16,17). The number of nitrogens with one attached hydrogen (secondary N) is 1. The highest BCUT2D eigenvalue weighted by atomic mass is 16.4. The molecule has 1 saturated heterocycles. The van der Waals surface area contributed by atoms with Crippen molar-refractivity contribution < 1.29 is 14.7 Å². The van der Waals surface area contributed by atoms with Crippen LogP contribution in [0, 0.1) is 0 Å². The van der Waals surface area contributed by atoms with E-state index in [1.165, 1.54) is 4.90 Å². The molecule has 98 valence electrons. The Morgan fingerprint density at radius 2 is 2.12 bits per heavy atom. The van der Waals surface area contributed by atoms with E-state index in [0.29, 0.717) is 6.54 Å². The lowest BCUT2D eigenvalue weighted by molar-refractivity contribution is -0.138. The van der Waals surface area contributed by atoms with Crippen LogP contribution in [0.5, 0.6) is 0 Å². The molecule has 1 fully saturated rings. The minimum atomic E-state index is -0.872. The summed E-state index contributed by atoms with van der Waals surface area (Å²) in [5.74, 6) is -0.878. The van der Waals surface area contributed by atoms with Crippen LogP contribution < -0.4 is 5.32 Å². The molecule has 0 saturated carbocycles. The van der Waals surface area contributed by atoms with Crippen molar-refractivity contribution in [1.82, 2.24) is 15.1 Å². The van der Waals surface area contributed by atoms with Crippen molar-refractivity contribution in [3.63, 3.8) is 0 Å². The molecule has 1 aliphatic rings. The monoisotopic (exact) mass is 243 g/mol. The van der Waals surface area contributed by atoms with E-state index in [1.807, 2.05) is 0 Å². The van der Waals surface area contributed by atoms with Gasteiger partial charge in [0, 0.05) is 26.7 Å². The lowest BCUT2D eigenvalue weighted by Crippen LogP contribution is -2.40. The molecule has 1 amide bonds. The van der Waals surface area contributed by atoms with Gasteiger partial charge in [-0.1, -0.05) is 0 Å². The topological polar surface area (TPSA) is 72.9 Å². The number of nitrogens with zero attached hydrogens (tertiary/aromatic N) is 2. The van der Waals surface area contributed by atoms with E-state index in [9.17, 15) is 9.59 Å². The Kier molecular flexibility index (Phi) is 5.93. The van der Waals surface area contributed by atoms with E-state index < -0.39 is 5.97 Å². The molecule has 6 heteroatoms. The average Bonchev–Trinajstić information content (AvgIpc) is 2.54. The molecule has 2 N–H and O–H groups in total. The van der Waals surface area contributed by atoms with E-state index in [1.54, 1.807) is 7.05 Å². The maximum atomic E-state index is 11.8. The van der Waals surface area contributed by atoms with Crippen molar-refractivity contribution in [2.45, 2.75) is 12.8 Å². The number of carboxylic acid groups (broad SMARTS) is 1. The minimum absolute atomic E-state index is 0.00377. The van der Waals surface area contributed by atoms with Crippen LogP contribution in [0.15, 0.2) is 0 Å². The zero-order chi connectivity index (χ0) is 12.7. The van der Waals surface area contributed by atoms with Crippen molar-refractivity contribution in [3.05, 3.63) is 0 Å². The third-order valence-electron chi connectivity index (χ3n) is 2.88. The van der Waals surface area contributed by atoms with Gasteiger partial charge in [-0.05, 0) is 19.5 Å². The van der Waals surface area contributed by atoms with E-state index in [4.69, 9.17) is 5.11 Å². The number of hydrogen-bond donors (Lipinski definition) is 2. The first-order valence-electron chi connectivity index (χ1n) is 5.98. The predicted molar refractivity (Wildman–Crippen MR) is 63.8 cm³/mol. The largest absolute Gasteiger partial charge is 0.481 e. The van der Waals surface area contributed by atoms with Gasteiger partial charge >= 0.3 is 5.97 Å². The van der Waals surface area contributed by atoms with Crippen LogP contribution in [0.1, 0.15) is 12.8 Å². The Morgan fingerprint density at radius 1 is 1.35 bits per heavy atom. The first-order chi connectivity index (χ1) is 8.09. The third kappa shape index (κ3) is 5.65. The Bertz CT molecular complexity index is 263. The number of carbonyl (C=O) groups excluding carboxylic acids is 1. The summed E-state index contributed by atoms with van der Waals surface area (Å²) in [6, 6.07) is 0. The Morgan fingerprint density at radius 3 is 2.82 bits per heavy atom. The van der Waals surface area contributed by atoms with Gasteiger partial charge in [-0.3, -0.25) is 14.5 Å². The number of carbonyl (C=O) groups is 2. The highest BCUT2D eigenvalue weighted by Gasteiger charge is 2.16. The van der Waals surface area contributed by atoms with Gasteiger partial charge in [0.2, 0.25) is 5.91 Å². The second-order valence-corrected chi connectivity index (χ2v) is 4.34. The van der Waals surface area contributed by atoms with Crippen LogP contribution in [0.2, 0.25) is 0 Å². The number of amides is 1. The van der Waals surface area contributed by atoms with Gasteiger partial charge in [0.15, 0.2) is 0 Å². The average molecular weight is 243 g/mol. The van der Waals surface area contributed by atoms with Crippen LogP contribution in [-0.2, 0) is 9.59 Å². The Labute approximate surface area is 102 Å². The summed E-state index contributed by atoms with van der Waals surface area (Å²) in [6.07, 6.45) is 1.05. The number of carboxylic acids is 1. The molecule has 0 radical (unpaired) electrons. The summed E-state index contributed by atoms with van der Waals surface area (Å²) in [6.45, 7) is 4.37. The fraction of sp³-hybridized carbons (Fsp3) is 0.818. The van der Waals surface area contributed by atoms with Gasteiger partial charge in [0.25, 0.3) is 0 Å². The van der Waals surface area contributed by atoms with Gasteiger partial charge in [0.05, 0.1) is 13.0 Å². The molecule has 6 nitrogen and oxygen atoms in total. The van der Waals surface area contributed by atoms with Gasteiger partial charge < -0.3 is 15.3 Å². The molecule has 0 atom stereocenters. The van der Waals surface area contributed by atoms with Crippen LogP contribution >= 0.6 is 0 Å². The van der Waals surface area contributed by atoms with Gasteiger partial charge in [-0.25, -0.2) is 0 Å². The highest BCUT2D eigenvalue weighted by Crippen LogP contribution is 1.97. The fourth-order valence-corrected chi connectivity index (χ4v) is 1.76. The predicted octanol–water partition coefficient (Wildman–Crippen LogP) is -0.785. The molecule has 0 spiro atoms. The summed E-state index contributed by atoms with van der Waals surface area (Å²) in [7, 11) is 1.65. The van der Waals surface area contributed by atoms with E-state index in [-0.39, 0.29) is 18.9 Å². The number of likely N-dealkylation sites (N-methyl/N-ethyl adjacent to an activating group) is 1. The normalized spacial score (nSPS) is 17.5. The summed E-state index contributed by atoms with van der Waals surface area (Å²) in [4.78, 5) is 25.8. The summed E-state index contributed by atoms with van der Waals surface area (Å²) < 4.78 is 0. The minimum Gasteiger partial charge on any atom is -0.481 e. The molecular formula is C11H21N3O3. The SMILES string of the molecule is CN(CCC(=O)O)C(=O)CN1CCCNCC1. The van der Waals surface area contributed by atoms with Crippen LogP contribution in [0.25, 0.3) is 0 Å². The molecule has 0 unspecified atom stereocenters. The molecule has 0 aliphatic carbocycles. The smallest absolute Gasteiger partial charge is 0.305 e. The lowest BCUT2D eigenvalue weighted by atomic mass is 10.3. The second kappa shape index (κ2) is 7.24. The van der Waals surface area contributed by atoms with Crippen molar-refractivity contribution in [1.29, 1.82) is 0 Å². The molecule has 1 heterocycles. The first-order valence-corrected chi connectivity index (χ1v) is 5.98. The Hall–Kier alpha value is -1.14. The molecular weight excluding hydrogens is 222 g/mol. The van der Waals surface area contributed by atoms with Crippen molar-refractivity contribution in [3.8, 4) is 0 Å². The number of aliphatic carboxylic acids is 1. The van der Waals surface area contributed by atoms with Crippen LogP contribution in [-0.4, -0.2) is 73.1 Å². The molecule has 17 heavy (non-hydrogen) atoms. The van der Waals surface area contributed by atoms with Crippen molar-refractivity contribution >= 4 is 11.9 Å². The molecule has 0 aromatic heterocycles. The number of rotatable bonds is 5. The van der Waals surface area contributed by atoms with Crippen LogP contribution in [0.4, 0.5) is 0 Å². The zero-order valence-electron chi connectivity index (χ0n) is 10.3. The summed E-state index contributed by atoms with van der Waals surface area (Å²) in [5, 5.41) is 11.8. The quantitative estimate of drug-likeness (QED) is 0.662. The molecule has 0 aromatic rings. The number of hydrogen-bond acceptors (Lipinski definition) is 4. The van der Waals surface area contributed by atoms with E-state index in [2.05, 4.69) is 10.2 Å². The van der Waals surface area contributed by atoms with Crippen LogP contribution in [0.3, 0.4) is 0 Å². The Balaban J connectivity index is 2.28. The lowest BCUT2D eigenvalue weighted by Gasteiger charge is -2.23. The highest BCUT2D eigenvalue weighted by molar-refractivity contribution is 5.78. The van der Waals surface area contributed by atoms with Gasteiger partial charge in [-0.2, -0.15) is 0 Å². The second-order valence-electron chi connectivity index (χ2n) is 4.34. The maximum Gasteiger partial charge on any atom is 0.305 e. The van der Waals surface area contributed by atoms with Crippen molar-refractivity contribution in [2.75, 3.05) is 46.3 Å². The fourth-order valence-electron chi connectivity index (χ4n) is 1.76.